The molecule has 2 aromatic carbocycles. The number of phenolic OH excluding ortho intramolecular Hbond substituents is 1. The summed E-state index contributed by atoms with van der Waals surface area (Å²) in [6.07, 6.45) is 0. The zero-order valence-corrected chi connectivity index (χ0v) is 11.2. The van der Waals surface area contributed by atoms with Gasteiger partial charge in [0.25, 0.3) is 10.0 Å². The molecule has 2 aromatic rings. The molecule has 0 amide bonds. The van der Waals surface area contributed by atoms with Crippen LogP contribution in [-0.4, -0.2) is 13.5 Å². The summed E-state index contributed by atoms with van der Waals surface area (Å²) in [7, 11) is -3.79. The Hall–Kier alpha value is -1.92. The summed E-state index contributed by atoms with van der Waals surface area (Å²) in [5.41, 5.74) is 6.02. The molecule has 0 aliphatic heterocycles. The normalized spacial score (nSPS) is 11.2. The minimum Gasteiger partial charge on any atom is -0.506 e. The van der Waals surface area contributed by atoms with Gasteiger partial charge in [-0.05, 0) is 30.3 Å². The first-order valence-corrected chi connectivity index (χ1v) is 7.12. The van der Waals surface area contributed by atoms with Crippen LogP contribution in [0.2, 0.25) is 5.02 Å². The highest BCUT2D eigenvalue weighted by Crippen LogP contribution is 2.28. The van der Waals surface area contributed by atoms with E-state index in [0.717, 1.165) is 0 Å². The second-order valence-electron chi connectivity index (χ2n) is 3.81. The second kappa shape index (κ2) is 4.99. The lowest BCUT2D eigenvalue weighted by atomic mass is 10.3. The maximum Gasteiger partial charge on any atom is 0.263 e. The Morgan fingerprint density at radius 3 is 2.47 bits per heavy atom. The first-order chi connectivity index (χ1) is 8.90. The van der Waals surface area contributed by atoms with Gasteiger partial charge in [-0.2, -0.15) is 0 Å². The van der Waals surface area contributed by atoms with Crippen molar-refractivity contribution in [2.24, 2.45) is 0 Å². The van der Waals surface area contributed by atoms with Gasteiger partial charge in [-0.25, -0.2) is 8.42 Å². The first-order valence-electron chi connectivity index (χ1n) is 5.26. The van der Waals surface area contributed by atoms with E-state index in [0.29, 0.717) is 0 Å². The Labute approximate surface area is 115 Å². The number of sulfonamides is 1. The number of halogens is 1. The number of para-hydroxylation sites is 1. The molecule has 0 aliphatic carbocycles. The van der Waals surface area contributed by atoms with Crippen LogP contribution in [0.5, 0.6) is 5.75 Å². The first kappa shape index (κ1) is 13.5. The van der Waals surface area contributed by atoms with E-state index in [1.54, 1.807) is 12.1 Å². The maximum atomic E-state index is 12.1. The van der Waals surface area contributed by atoms with Crippen molar-refractivity contribution in [3.63, 3.8) is 0 Å². The molecule has 0 aliphatic rings. The van der Waals surface area contributed by atoms with Crippen molar-refractivity contribution in [3.05, 3.63) is 47.5 Å². The Morgan fingerprint density at radius 1 is 1.16 bits per heavy atom. The van der Waals surface area contributed by atoms with Gasteiger partial charge in [0.2, 0.25) is 0 Å². The third-order valence-corrected chi connectivity index (χ3v) is 4.17. The number of hydrogen-bond donors (Lipinski definition) is 3. The second-order valence-corrected chi connectivity index (χ2v) is 5.87. The molecule has 19 heavy (non-hydrogen) atoms. The third kappa shape index (κ3) is 2.91. The van der Waals surface area contributed by atoms with Gasteiger partial charge >= 0.3 is 0 Å². The van der Waals surface area contributed by atoms with Crippen molar-refractivity contribution in [1.82, 2.24) is 0 Å². The maximum absolute atomic E-state index is 12.1. The van der Waals surface area contributed by atoms with Crippen molar-refractivity contribution < 1.29 is 13.5 Å². The molecule has 0 spiro atoms. The van der Waals surface area contributed by atoms with Crippen LogP contribution >= 0.6 is 11.6 Å². The zero-order chi connectivity index (χ0) is 14.0. The van der Waals surface area contributed by atoms with Crippen LogP contribution in [0.15, 0.2) is 47.4 Å². The number of nitrogen functional groups attached to an aromatic ring is 1. The molecule has 5 nitrogen and oxygen atoms in total. The van der Waals surface area contributed by atoms with E-state index >= 15 is 0 Å². The van der Waals surface area contributed by atoms with Gasteiger partial charge in [0.1, 0.15) is 10.6 Å². The van der Waals surface area contributed by atoms with E-state index in [4.69, 9.17) is 17.3 Å². The fourth-order valence-corrected chi connectivity index (χ4v) is 2.87. The minimum absolute atomic E-state index is 0.0146. The summed E-state index contributed by atoms with van der Waals surface area (Å²) in [5, 5.41) is 9.33. The Morgan fingerprint density at radius 2 is 1.84 bits per heavy atom. The predicted octanol–water partition coefficient (Wildman–Crippen LogP) is 2.43. The number of aromatic hydroxyl groups is 1. The van der Waals surface area contributed by atoms with E-state index in [1.165, 1.54) is 30.3 Å². The minimum atomic E-state index is -3.79. The molecular formula is C12H11ClN2O3S. The summed E-state index contributed by atoms with van der Waals surface area (Å²) >= 11 is 5.71. The van der Waals surface area contributed by atoms with Gasteiger partial charge in [0.05, 0.1) is 16.4 Å². The zero-order valence-electron chi connectivity index (χ0n) is 9.67. The van der Waals surface area contributed by atoms with E-state index in [2.05, 4.69) is 4.72 Å². The van der Waals surface area contributed by atoms with Gasteiger partial charge in [0, 0.05) is 0 Å². The molecule has 2 rings (SSSR count). The molecule has 0 bridgehead atoms. The number of hydrogen-bond acceptors (Lipinski definition) is 4. The number of rotatable bonds is 3. The number of nitrogens with two attached hydrogens (primary N) is 1. The van der Waals surface area contributed by atoms with Crippen LogP contribution in [0.4, 0.5) is 11.4 Å². The SMILES string of the molecule is Nc1ccccc1S(=O)(=O)Nc1ccc(O)c(Cl)c1. The topological polar surface area (TPSA) is 92.4 Å². The van der Waals surface area contributed by atoms with E-state index in [-0.39, 0.29) is 27.0 Å². The molecule has 0 saturated carbocycles. The predicted molar refractivity (Wildman–Crippen MR) is 74.8 cm³/mol. The molecule has 0 unspecified atom stereocenters. The lowest BCUT2D eigenvalue weighted by Crippen LogP contribution is -2.14. The molecule has 0 fully saturated rings. The molecule has 0 radical (unpaired) electrons. The monoisotopic (exact) mass is 298 g/mol. The number of phenols is 1. The Kier molecular flexibility index (Phi) is 3.55. The lowest BCUT2D eigenvalue weighted by molar-refractivity contribution is 0.475. The lowest BCUT2D eigenvalue weighted by Gasteiger charge is -2.10. The number of nitrogens with one attached hydrogen (secondary N) is 1. The van der Waals surface area contributed by atoms with Gasteiger partial charge in [-0.15, -0.1) is 0 Å². The van der Waals surface area contributed by atoms with Crippen LogP contribution in [0, 0.1) is 0 Å². The van der Waals surface area contributed by atoms with E-state index in [1.807, 2.05) is 0 Å². The van der Waals surface area contributed by atoms with Gasteiger partial charge in [-0.1, -0.05) is 23.7 Å². The fourth-order valence-electron chi connectivity index (χ4n) is 1.51. The van der Waals surface area contributed by atoms with Crippen molar-refractivity contribution in [1.29, 1.82) is 0 Å². The van der Waals surface area contributed by atoms with Gasteiger partial charge in [-0.3, -0.25) is 4.72 Å². The molecule has 0 aromatic heterocycles. The highest BCUT2D eigenvalue weighted by atomic mass is 35.5. The van der Waals surface area contributed by atoms with Crippen LogP contribution < -0.4 is 10.5 Å². The van der Waals surface area contributed by atoms with Gasteiger partial charge < -0.3 is 10.8 Å². The average molecular weight is 299 g/mol. The molecule has 7 heteroatoms. The quantitative estimate of drug-likeness (QED) is 0.599. The highest BCUT2D eigenvalue weighted by Gasteiger charge is 2.17. The highest BCUT2D eigenvalue weighted by molar-refractivity contribution is 7.92. The summed E-state index contributed by atoms with van der Waals surface area (Å²) in [5.74, 6) is -0.121. The molecule has 4 N–H and O–H groups in total. The van der Waals surface area contributed by atoms with E-state index in [9.17, 15) is 13.5 Å². The third-order valence-electron chi connectivity index (χ3n) is 2.41. The fraction of sp³-hybridized carbons (Fsp3) is 0. The van der Waals surface area contributed by atoms with Crippen LogP contribution in [0.25, 0.3) is 0 Å². The van der Waals surface area contributed by atoms with Crippen LogP contribution in [0.1, 0.15) is 0 Å². The summed E-state index contributed by atoms with van der Waals surface area (Å²) in [6.45, 7) is 0. The summed E-state index contributed by atoms with van der Waals surface area (Å²) < 4.78 is 26.6. The standard InChI is InChI=1S/C12H11ClN2O3S/c13-9-7-8(5-6-11(9)16)15-19(17,18)12-4-2-1-3-10(12)14/h1-7,15-16H,14H2. The summed E-state index contributed by atoms with van der Waals surface area (Å²) in [4.78, 5) is -0.0146. The average Bonchev–Trinajstić information content (AvgIpc) is 2.34. The number of anilines is 2. The molecule has 0 saturated heterocycles. The smallest absolute Gasteiger partial charge is 0.263 e. The molecule has 0 heterocycles. The van der Waals surface area contributed by atoms with E-state index < -0.39 is 10.0 Å². The van der Waals surface area contributed by atoms with Crippen molar-refractivity contribution in [2.75, 3.05) is 10.5 Å². The Balaban J connectivity index is 2.37. The molecule has 100 valence electrons. The summed E-state index contributed by atoms with van der Waals surface area (Å²) in [6, 6.07) is 10.1. The van der Waals surface area contributed by atoms with Crippen molar-refractivity contribution in [3.8, 4) is 5.75 Å². The Bertz CT molecular complexity index is 717. The van der Waals surface area contributed by atoms with Gasteiger partial charge in [0.15, 0.2) is 0 Å². The molecular weight excluding hydrogens is 288 g/mol. The molecule has 0 atom stereocenters. The van der Waals surface area contributed by atoms with Crippen LogP contribution in [-0.2, 0) is 10.0 Å². The van der Waals surface area contributed by atoms with Crippen molar-refractivity contribution >= 4 is 33.0 Å². The van der Waals surface area contributed by atoms with Crippen molar-refractivity contribution in [2.45, 2.75) is 4.90 Å². The largest absolute Gasteiger partial charge is 0.506 e. The number of benzene rings is 2. The van der Waals surface area contributed by atoms with Crippen LogP contribution in [0.3, 0.4) is 0 Å².